The fraction of sp³-hybridized carbons (Fsp3) is 0.364. The summed E-state index contributed by atoms with van der Waals surface area (Å²) in [4.78, 5) is 25.9. The van der Waals surface area contributed by atoms with Crippen molar-refractivity contribution in [2.45, 2.75) is 58.5 Å². The van der Waals surface area contributed by atoms with Crippen molar-refractivity contribution < 1.29 is 9.90 Å². The van der Waals surface area contributed by atoms with E-state index in [1.54, 1.807) is 16.7 Å². The molecule has 3 aromatic carbocycles. The molecule has 0 radical (unpaired) electrons. The Hall–Kier alpha value is -4.17. The molecule has 8 nitrogen and oxygen atoms in total. The van der Waals surface area contributed by atoms with E-state index in [1.165, 1.54) is 11.1 Å². The van der Waals surface area contributed by atoms with Crippen molar-refractivity contribution in [3.8, 4) is 22.8 Å². The number of piperidine rings is 1. The van der Waals surface area contributed by atoms with Gasteiger partial charge in [0.15, 0.2) is 5.82 Å². The first-order valence-electron chi connectivity index (χ1n) is 14.4. The van der Waals surface area contributed by atoms with Crippen LogP contribution in [0.2, 0.25) is 0 Å². The third-order valence-corrected chi connectivity index (χ3v) is 8.21. The molecule has 1 fully saturated rings. The van der Waals surface area contributed by atoms with Crippen LogP contribution in [0.15, 0.2) is 71.5 Å². The van der Waals surface area contributed by atoms with Gasteiger partial charge in [0, 0.05) is 12.1 Å². The predicted molar refractivity (Wildman–Crippen MR) is 161 cm³/mol. The van der Waals surface area contributed by atoms with Gasteiger partial charge < -0.3 is 10.4 Å². The molecule has 41 heavy (non-hydrogen) atoms. The van der Waals surface area contributed by atoms with Crippen molar-refractivity contribution in [3.63, 3.8) is 0 Å². The van der Waals surface area contributed by atoms with E-state index in [2.05, 4.69) is 56.8 Å². The zero-order valence-corrected chi connectivity index (χ0v) is 24.0. The van der Waals surface area contributed by atoms with Gasteiger partial charge in [0.2, 0.25) is 6.41 Å². The summed E-state index contributed by atoms with van der Waals surface area (Å²) in [7, 11) is 0. The largest absolute Gasteiger partial charge is 0.508 e. The van der Waals surface area contributed by atoms with E-state index in [9.17, 15) is 14.7 Å². The minimum atomic E-state index is -0.291. The number of carbonyl (C=O) groups excluding carboxylic acids is 1. The minimum absolute atomic E-state index is 0.0197. The smallest absolute Gasteiger partial charge is 0.348 e. The lowest BCUT2D eigenvalue weighted by atomic mass is 9.90. The van der Waals surface area contributed by atoms with Crippen LogP contribution in [0.5, 0.6) is 5.75 Å². The number of hydrogen-bond acceptors (Lipinski definition) is 5. The molecule has 0 bridgehead atoms. The Morgan fingerprint density at radius 1 is 1.00 bits per heavy atom. The monoisotopic (exact) mass is 553 g/mol. The first kappa shape index (κ1) is 28.4. The number of rotatable bonds is 10. The standard InChI is InChI=1S/C33H39N5O3/c1-22(2)30-19-28(10-13-31(30)40)32-35-36-33(41)38(32)29-11-6-24(7-12-29)18-25-14-16-37(17-15-25)20-26-4-8-27(9-5-26)23(3)34-21-39/h4-13,19,21-23,25,40H,14-18,20H2,1-3H3,(H,34,39)(H,36,41)/t23-/m1/s1. The van der Waals surface area contributed by atoms with Gasteiger partial charge in [-0.25, -0.2) is 14.5 Å². The van der Waals surface area contributed by atoms with Crippen LogP contribution in [0, 0.1) is 5.92 Å². The molecular weight excluding hydrogens is 514 g/mol. The fourth-order valence-electron chi connectivity index (χ4n) is 5.72. The zero-order chi connectivity index (χ0) is 28.9. The highest BCUT2D eigenvalue weighted by molar-refractivity contribution is 5.61. The third kappa shape index (κ3) is 6.60. The Kier molecular flexibility index (Phi) is 8.69. The number of nitrogens with zero attached hydrogens (tertiary/aromatic N) is 3. The van der Waals surface area contributed by atoms with Gasteiger partial charge in [-0.05, 0) is 104 Å². The lowest BCUT2D eigenvalue weighted by Gasteiger charge is -2.32. The second-order valence-electron chi connectivity index (χ2n) is 11.5. The van der Waals surface area contributed by atoms with E-state index >= 15 is 0 Å². The second kappa shape index (κ2) is 12.6. The molecule has 8 heteroatoms. The average molecular weight is 554 g/mol. The van der Waals surface area contributed by atoms with Crippen LogP contribution in [0.1, 0.15) is 67.8 Å². The molecule has 0 unspecified atom stereocenters. The van der Waals surface area contributed by atoms with E-state index < -0.39 is 0 Å². The number of phenolic OH excluding ortho intramolecular Hbond substituents is 1. The quantitative estimate of drug-likeness (QED) is 0.231. The molecule has 1 aliphatic heterocycles. The van der Waals surface area contributed by atoms with Crippen molar-refractivity contribution in [1.82, 2.24) is 25.0 Å². The fourth-order valence-corrected chi connectivity index (χ4v) is 5.72. The number of nitrogens with one attached hydrogen (secondary N) is 2. The van der Waals surface area contributed by atoms with Crippen molar-refractivity contribution in [2.24, 2.45) is 5.92 Å². The molecule has 1 aliphatic rings. The van der Waals surface area contributed by atoms with Crippen molar-refractivity contribution in [3.05, 3.63) is 99.5 Å². The Bertz CT molecular complexity index is 1510. The topological polar surface area (TPSA) is 103 Å². The molecular formula is C33H39N5O3. The van der Waals surface area contributed by atoms with Gasteiger partial charge in [0.25, 0.3) is 0 Å². The Balaban J connectivity index is 1.19. The first-order chi connectivity index (χ1) is 19.8. The first-order valence-corrected chi connectivity index (χ1v) is 14.4. The van der Waals surface area contributed by atoms with E-state index in [0.717, 1.165) is 67.7 Å². The van der Waals surface area contributed by atoms with Gasteiger partial charge in [-0.15, -0.1) is 0 Å². The molecule has 0 spiro atoms. The van der Waals surface area contributed by atoms with Crippen LogP contribution in [-0.4, -0.2) is 44.3 Å². The molecule has 1 aromatic heterocycles. The van der Waals surface area contributed by atoms with Gasteiger partial charge in [0.1, 0.15) is 5.75 Å². The van der Waals surface area contributed by atoms with E-state index in [1.807, 2.05) is 39.0 Å². The number of amides is 1. The number of hydrogen-bond donors (Lipinski definition) is 3. The SMILES string of the molecule is CC(C)c1cc(-c2n[nH]c(=O)n2-c2ccc(CC3CCN(Cc4ccc([C@@H](C)NC=O)cc4)CC3)cc2)ccc1O. The molecule has 4 aromatic rings. The highest BCUT2D eigenvalue weighted by Crippen LogP contribution is 2.31. The summed E-state index contributed by atoms with van der Waals surface area (Å²) in [6.45, 7) is 9.12. The van der Waals surface area contributed by atoms with Crippen LogP contribution in [0.3, 0.4) is 0 Å². The highest BCUT2D eigenvalue weighted by Gasteiger charge is 2.20. The lowest BCUT2D eigenvalue weighted by Crippen LogP contribution is -2.33. The minimum Gasteiger partial charge on any atom is -0.508 e. The molecule has 2 heterocycles. The maximum absolute atomic E-state index is 12.7. The number of carbonyl (C=O) groups is 1. The van der Waals surface area contributed by atoms with Gasteiger partial charge in [0.05, 0.1) is 11.7 Å². The Morgan fingerprint density at radius 3 is 2.34 bits per heavy atom. The lowest BCUT2D eigenvalue weighted by molar-refractivity contribution is -0.110. The number of aromatic amines is 1. The summed E-state index contributed by atoms with van der Waals surface area (Å²) >= 11 is 0. The van der Waals surface area contributed by atoms with Crippen LogP contribution >= 0.6 is 0 Å². The maximum Gasteiger partial charge on any atom is 0.348 e. The van der Waals surface area contributed by atoms with E-state index in [4.69, 9.17) is 0 Å². The molecule has 5 rings (SSSR count). The van der Waals surface area contributed by atoms with Gasteiger partial charge in [-0.1, -0.05) is 50.2 Å². The summed E-state index contributed by atoms with van der Waals surface area (Å²) < 4.78 is 1.59. The second-order valence-corrected chi connectivity index (χ2v) is 11.5. The summed E-state index contributed by atoms with van der Waals surface area (Å²) in [5.74, 6) is 1.55. The van der Waals surface area contributed by atoms with E-state index in [-0.39, 0.29) is 23.4 Å². The Morgan fingerprint density at radius 2 is 1.68 bits per heavy atom. The number of likely N-dealkylation sites (tertiary alicyclic amines) is 1. The Labute approximate surface area is 241 Å². The third-order valence-electron chi connectivity index (χ3n) is 8.21. The number of aromatic hydroxyl groups is 1. The van der Waals surface area contributed by atoms with Crippen LogP contribution < -0.4 is 11.0 Å². The van der Waals surface area contributed by atoms with Gasteiger partial charge >= 0.3 is 5.69 Å². The van der Waals surface area contributed by atoms with Gasteiger partial charge in [-0.2, -0.15) is 5.10 Å². The number of aromatic nitrogens is 3. The normalized spacial score (nSPS) is 15.2. The van der Waals surface area contributed by atoms with E-state index in [0.29, 0.717) is 11.7 Å². The molecule has 3 N–H and O–H groups in total. The molecule has 1 amide bonds. The number of benzene rings is 3. The van der Waals surface area contributed by atoms with Crippen molar-refractivity contribution in [2.75, 3.05) is 13.1 Å². The van der Waals surface area contributed by atoms with Crippen LogP contribution in [0.4, 0.5) is 0 Å². The van der Waals surface area contributed by atoms with Crippen molar-refractivity contribution >= 4 is 6.41 Å². The summed E-state index contributed by atoms with van der Waals surface area (Å²) in [6.07, 6.45) is 4.08. The molecule has 1 saturated heterocycles. The van der Waals surface area contributed by atoms with Gasteiger partial charge in [-0.3, -0.25) is 9.69 Å². The molecule has 1 atom stereocenters. The molecule has 0 saturated carbocycles. The zero-order valence-electron chi connectivity index (χ0n) is 24.0. The molecule has 214 valence electrons. The summed E-state index contributed by atoms with van der Waals surface area (Å²) in [5.41, 5.74) is 5.75. The number of H-pyrrole nitrogens is 1. The highest BCUT2D eigenvalue weighted by atomic mass is 16.3. The summed E-state index contributed by atoms with van der Waals surface area (Å²) in [6, 6.07) is 22.1. The predicted octanol–water partition coefficient (Wildman–Crippen LogP) is 5.32. The maximum atomic E-state index is 12.7. The number of phenols is 1. The molecule has 0 aliphatic carbocycles. The van der Waals surface area contributed by atoms with Crippen molar-refractivity contribution in [1.29, 1.82) is 0 Å². The van der Waals surface area contributed by atoms with Crippen LogP contribution in [0.25, 0.3) is 17.1 Å². The van der Waals surface area contributed by atoms with Crippen LogP contribution in [-0.2, 0) is 17.8 Å². The average Bonchev–Trinajstić information content (AvgIpc) is 3.36. The summed E-state index contributed by atoms with van der Waals surface area (Å²) in [5, 5.41) is 19.9.